The van der Waals surface area contributed by atoms with Gasteiger partial charge in [-0.05, 0) is 44.9 Å². The fourth-order valence-corrected chi connectivity index (χ4v) is 3.29. The third kappa shape index (κ3) is 4.91. The Morgan fingerprint density at radius 3 is 2.43 bits per heavy atom. The number of carbonyl (C=O) groups is 2. The zero-order chi connectivity index (χ0) is 20.1. The lowest BCUT2D eigenvalue weighted by Crippen LogP contribution is -2.33. The van der Waals surface area contributed by atoms with Crippen LogP contribution in [0.1, 0.15) is 32.8 Å². The molecule has 5 heteroatoms. The normalized spacial score (nSPS) is 17.9. The van der Waals surface area contributed by atoms with Gasteiger partial charge < -0.3 is 15.0 Å². The van der Waals surface area contributed by atoms with E-state index in [9.17, 15) is 9.59 Å². The molecule has 3 rings (SSSR count). The Bertz CT molecular complexity index is 820. The van der Waals surface area contributed by atoms with Gasteiger partial charge in [0, 0.05) is 13.1 Å². The van der Waals surface area contributed by atoms with Crippen molar-refractivity contribution in [2.75, 3.05) is 11.9 Å². The van der Waals surface area contributed by atoms with Crippen molar-refractivity contribution in [3.63, 3.8) is 0 Å². The molecule has 0 aromatic heterocycles. The van der Waals surface area contributed by atoms with Crippen molar-refractivity contribution < 1.29 is 14.3 Å². The minimum atomic E-state index is -0.274. The van der Waals surface area contributed by atoms with Gasteiger partial charge in [0.15, 0.2) is 0 Å². The molecular weight excluding hydrogens is 352 g/mol. The number of benzene rings is 2. The highest BCUT2D eigenvalue weighted by Gasteiger charge is 2.49. The Hall–Kier alpha value is -2.82. The number of ether oxygens (including phenoxy) is 1. The first kappa shape index (κ1) is 19.9. The van der Waals surface area contributed by atoms with Gasteiger partial charge in [-0.25, -0.2) is 0 Å². The van der Waals surface area contributed by atoms with Gasteiger partial charge in [0.25, 0.3) is 0 Å². The quantitative estimate of drug-likeness (QED) is 0.750. The number of para-hydroxylation sites is 2. The summed E-state index contributed by atoms with van der Waals surface area (Å²) in [5, 5.41) is 2.93. The molecular formula is C23H28N2O3. The van der Waals surface area contributed by atoms with Crippen LogP contribution in [0.25, 0.3) is 0 Å². The fourth-order valence-electron chi connectivity index (χ4n) is 3.29. The van der Waals surface area contributed by atoms with Gasteiger partial charge in [0.05, 0.1) is 23.6 Å². The van der Waals surface area contributed by atoms with Gasteiger partial charge in [0.1, 0.15) is 5.75 Å². The number of rotatable bonds is 8. The van der Waals surface area contributed by atoms with Crippen LogP contribution in [0.4, 0.5) is 5.69 Å². The molecule has 1 N–H and O–H groups in total. The van der Waals surface area contributed by atoms with E-state index < -0.39 is 0 Å². The fraction of sp³-hybridized carbons (Fsp3) is 0.391. The standard InChI is InChI=1S/C23H28N2O3/c1-4-25(15-17-10-6-5-7-11-17)23(27)19-14-18(19)22(26)24-20-12-8-9-13-21(20)28-16(2)3/h5-13,16,18-19H,4,14-15H2,1-3H3,(H,24,26). The molecule has 2 aromatic carbocycles. The Labute approximate surface area is 166 Å². The van der Waals surface area contributed by atoms with Crippen LogP contribution in [-0.4, -0.2) is 29.4 Å². The van der Waals surface area contributed by atoms with Crippen molar-refractivity contribution in [1.29, 1.82) is 0 Å². The maximum absolute atomic E-state index is 12.8. The predicted molar refractivity (Wildman–Crippen MR) is 110 cm³/mol. The first-order valence-electron chi connectivity index (χ1n) is 9.88. The van der Waals surface area contributed by atoms with Crippen LogP contribution in [0.3, 0.4) is 0 Å². The molecule has 0 radical (unpaired) electrons. The second-order valence-electron chi connectivity index (χ2n) is 7.44. The van der Waals surface area contributed by atoms with Gasteiger partial charge in [-0.15, -0.1) is 0 Å². The Kier molecular flexibility index (Phi) is 6.34. The largest absolute Gasteiger partial charge is 0.489 e. The topological polar surface area (TPSA) is 58.6 Å². The Balaban J connectivity index is 1.60. The molecule has 1 aliphatic rings. The monoisotopic (exact) mass is 380 g/mol. The molecule has 1 aliphatic carbocycles. The van der Waals surface area contributed by atoms with E-state index in [2.05, 4.69) is 5.32 Å². The second-order valence-corrected chi connectivity index (χ2v) is 7.44. The highest BCUT2D eigenvalue weighted by atomic mass is 16.5. The summed E-state index contributed by atoms with van der Waals surface area (Å²) < 4.78 is 5.75. The summed E-state index contributed by atoms with van der Waals surface area (Å²) in [5.74, 6) is 0.0760. The third-order valence-electron chi connectivity index (χ3n) is 4.86. The van der Waals surface area contributed by atoms with Crippen molar-refractivity contribution in [2.45, 2.75) is 39.8 Å². The summed E-state index contributed by atoms with van der Waals surface area (Å²) >= 11 is 0. The number of hydrogen-bond donors (Lipinski definition) is 1. The molecule has 2 unspecified atom stereocenters. The highest BCUT2D eigenvalue weighted by Crippen LogP contribution is 2.41. The summed E-state index contributed by atoms with van der Waals surface area (Å²) in [5.41, 5.74) is 1.75. The molecule has 0 aliphatic heterocycles. The van der Waals surface area contributed by atoms with Crippen molar-refractivity contribution >= 4 is 17.5 Å². The summed E-state index contributed by atoms with van der Waals surface area (Å²) in [7, 11) is 0. The average molecular weight is 380 g/mol. The van der Waals surface area contributed by atoms with Crippen LogP contribution in [0, 0.1) is 11.8 Å². The van der Waals surface area contributed by atoms with Crippen LogP contribution >= 0.6 is 0 Å². The van der Waals surface area contributed by atoms with Crippen LogP contribution in [0.2, 0.25) is 0 Å². The third-order valence-corrected chi connectivity index (χ3v) is 4.86. The van der Waals surface area contributed by atoms with Gasteiger partial charge in [-0.2, -0.15) is 0 Å². The summed E-state index contributed by atoms with van der Waals surface area (Å²) in [4.78, 5) is 27.3. The number of amides is 2. The highest BCUT2D eigenvalue weighted by molar-refractivity contribution is 6.00. The number of carbonyl (C=O) groups excluding carboxylic acids is 2. The molecule has 0 spiro atoms. The lowest BCUT2D eigenvalue weighted by Gasteiger charge is -2.21. The van der Waals surface area contributed by atoms with E-state index in [0.717, 1.165) is 5.56 Å². The van der Waals surface area contributed by atoms with Crippen molar-refractivity contribution in [3.8, 4) is 5.75 Å². The maximum Gasteiger partial charge on any atom is 0.228 e. The number of nitrogens with zero attached hydrogens (tertiary/aromatic N) is 1. The molecule has 5 nitrogen and oxygen atoms in total. The van der Waals surface area contributed by atoms with E-state index in [4.69, 9.17) is 4.74 Å². The van der Waals surface area contributed by atoms with Gasteiger partial charge in [-0.1, -0.05) is 42.5 Å². The average Bonchev–Trinajstić information content (AvgIpc) is 3.48. The molecule has 2 aromatic rings. The Morgan fingerprint density at radius 1 is 1.07 bits per heavy atom. The van der Waals surface area contributed by atoms with E-state index in [-0.39, 0.29) is 29.8 Å². The predicted octanol–water partition coefficient (Wildman–Crippen LogP) is 4.10. The summed E-state index contributed by atoms with van der Waals surface area (Å²) in [6.45, 7) is 7.06. The molecule has 0 bridgehead atoms. The van der Waals surface area contributed by atoms with E-state index in [1.165, 1.54) is 0 Å². The number of anilines is 1. The number of hydrogen-bond acceptors (Lipinski definition) is 3. The number of nitrogens with one attached hydrogen (secondary N) is 1. The zero-order valence-corrected chi connectivity index (χ0v) is 16.7. The minimum absolute atomic E-state index is 0.0180. The molecule has 0 heterocycles. The van der Waals surface area contributed by atoms with Crippen LogP contribution in [-0.2, 0) is 16.1 Å². The van der Waals surface area contributed by atoms with Crippen LogP contribution in [0.15, 0.2) is 54.6 Å². The first-order valence-corrected chi connectivity index (χ1v) is 9.88. The second kappa shape index (κ2) is 8.91. The van der Waals surface area contributed by atoms with Crippen molar-refractivity contribution in [3.05, 3.63) is 60.2 Å². The molecule has 1 saturated carbocycles. The van der Waals surface area contributed by atoms with Crippen molar-refractivity contribution in [1.82, 2.24) is 4.90 Å². The molecule has 0 saturated heterocycles. The molecule has 2 atom stereocenters. The Morgan fingerprint density at radius 2 is 1.75 bits per heavy atom. The van der Waals surface area contributed by atoms with Gasteiger partial charge in [-0.3, -0.25) is 9.59 Å². The van der Waals surface area contributed by atoms with Crippen LogP contribution in [0.5, 0.6) is 5.75 Å². The summed E-state index contributed by atoms with van der Waals surface area (Å²) in [6, 6.07) is 17.3. The maximum atomic E-state index is 12.8. The summed E-state index contributed by atoms with van der Waals surface area (Å²) in [6.07, 6.45) is 0.618. The first-order chi connectivity index (χ1) is 13.5. The van der Waals surface area contributed by atoms with Gasteiger partial charge >= 0.3 is 0 Å². The molecule has 28 heavy (non-hydrogen) atoms. The molecule has 2 amide bonds. The van der Waals surface area contributed by atoms with E-state index >= 15 is 0 Å². The molecule has 148 valence electrons. The van der Waals surface area contributed by atoms with E-state index in [1.807, 2.05) is 80.3 Å². The molecule has 1 fully saturated rings. The smallest absolute Gasteiger partial charge is 0.228 e. The van der Waals surface area contributed by atoms with Gasteiger partial charge in [0.2, 0.25) is 11.8 Å². The minimum Gasteiger partial charge on any atom is -0.489 e. The van der Waals surface area contributed by atoms with E-state index in [0.29, 0.717) is 30.9 Å². The van der Waals surface area contributed by atoms with Crippen LogP contribution < -0.4 is 10.1 Å². The lowest BCUT2D eigenvalue weighted by atomic mass is 10.2. The SMILES string of the molecule is CCN(Cc1ccccc1)C(=O)C1CC1C(=O)Nc1ccccc1OC(C)C. The zero-order valence-electron chi connectivity index (χ0n) is 16.7. The van der Waals surface area contributed by atoms with Crippen molar-refractivity contribution in [2.24, 2.45) is 11.8 Å². The lowest BCUT2D eigenvalue weighted by molar-refractivity contribution is -0.134. The van der Waals surface area contributed by atoms with E-state index in [1.54, 1.807) is 0 Å².